The van der Waals surface area contributed by atoms with Crippen LogP contribution in [-0.2, 0) is 44.6 Å². The number of amides is 4. The summed E-state index contributed by atoms with van der Waals surface area (Å²) in [6.07, 6.45) is 1.21. The summed E-state index contributed by atoms with van der Waals surface area (Å²) in [4.78, 5) is 72.6. The number of nitrogens with two attached hydrogens (primary N) is 1. The van der Waals surface area contributed by atoms with Crippen LogP contribution in [0.3, 0.4) is 0 Å². The maximum atomic E-state index is 14.3. The third-order valence-electron chi connectivity index (χ3n) is 11.0. The molecule has 0 aliphatic carbocycles. The quantitative estimate of drug-likeness (QED) is 0.0603. The summed E-state index contributed by atoms with van der Waals surface area (Å²) in [5, 5.41) is 5.82. The van der Waals surface area contributed by atoms with Crippen molar-refractivity contribution in [1.29, 1.82) is 0 Å². The number of ether oxygens (including phenoxy) is 3. The van der Waals surface area contributed by atoms with Gasteiger partial charge in [0, 0.05) is 69.0 Å². The number of likely N-dealkylation sites (N-methyl/N-ethyl adjacent to an activating group) is 1. The average Bonchev–Trinajstić information content (AvgIpc) is 3.68. The SMILES string of the molecule is CC[C@H](C)[C@@H]([C@@H](CC(=O)N1CCC[C@H]1[C@H](OC)[C@@H](C)C(=O)N[C@@H](Cc1ccccc1)C(=O)NCCOCCON)OC)N(C)C(=O)[C@@H](N=C(N(C)C)N(C)C)C(C)C. The molecule has 0 radical (unpaired) electrons. The second-order valence-corrected chi connectivity index (χ2v) is 16.0. The van der Waals surface area contributed by atoms with E-state index in [0.29, 0.717) is 18.9 Å². The van der Waals surface area contributed by atoms with Crippen molar-refractivity contribution in [3.63, 3.8) is 0 Å². The summed E-state index contributed by atoms with van der Waals surface area (Å²) in [5.74, 6) is 3.96. The molecule has 330 valence electrons. The van der Waals surface area contributed by atoms with Gasteiger partial charge in [-0.1, -0.05) is 71.4 Å². The molecule has 58 heavy (non-hydrogen) atoms. The number of benzene rings is 1. The van der Waals surface area contributed by atoms with Crippen molar-refractivity contribution in [1.82, 2.24) is 30.2 Å². The molecular weight excluding hydrogens is 745 g/mol. The van der Waals surface area contributed by atoms with E-state index in [9.17, 15) is 19.2 Å². The van der Waals surface area contributed by atoms with Gasteiger partial charge in [0.05, 0.1) is 56.5 Å². The molecule has 0 saturated carbocycles. The number of carbonyl (C=O) groups is 4. The zero-order valence-corrected chi connectivity index (χ0v) is 37.2. The van der Waals surface area contributed by atoms with Gasteiger partial charge in [0.15, 0.2) is 5.96 Å². The molecule has 16 nitrogen and oxygen atoms in total. The van der Waals surface area contributed by atoms with Gasteiger partial charge in [0.2, 0.25) is 23.6 Å². The molecule has 0 aromatic heterocycles. The van der Waals surface area contributed by atoms with Gasteiger partial charge in [0.25, 0.3) is 0 Å². The van der Waals surface area contributed by atoms with Crippen LogP contribution in [0.1, 0.15) is 65.9 Å². The molecule has 1 fully saturated rings. The number of nitrogens with zero attached hydrogens (tertiary/aromatic N) is 5. The highest BCUT2D eigenvalue weighted by molar-refractivity contribution is 5.89. The minimum atomic E-state index is -0.860. The van der Waals surface area contributed by atoms with E-state index in [0.717, 1.165) is 18.4 Å². The minimum Gasteiger partial charge on any atom is -0.379 e. The van der Waals surface area contributed by atoms with Crippen molar-refractivity contribution in [2.75, 3.05) is 82.4 Å². The van der Waals surface area contributed by atoms with Crippen molar-refractivity contribution in [3.05, 3.63) is 35.9 Å². The fourth-order valence-corrected chi connectivity index (χ4v) is 7.70. The Hall–Kier alpha value is -3.83. The van der Waals surface area contributed by atoms with Gasteiger partial charge in [-0.3, -0.25) is 19.2 Å². The fraction of sp³-hybridized carbons (Fsp3) is 0.738. The van der Waals surface area contributed by atoms with Crippen LogP contribution in [0.2, 0.25) is 0 Å². The van der Waals surface area contributed by atoms with E-state index >= 15 is 0 Å². The highest BCUT2D eigenvalue weighted by atomic mass is 16.6. The summed E-state index contributed by atoms with van der Waals surface area (Å²) in [5.41, 5.74) is 0.887. The molecule has 1 aromatic carbocycles. The lowest BCUT2D eigenvalue weighted by Gasteiger charge is -2.40. The largest absolute Gasteiger partial charge is 0.379 e. The standard InChI is InChI=1S/C42H74N8O8/c1-13-29(4)37(49(10)41(54)36(28(2)3)46-42(47(6)7)48(8)9)34(55-11)27-35(51)50-22-17-20-33(50)38(56-12)30(5)39(52)45-32(26-31-18-15-14-16-19-31)40(53)44-21-23-57-24-25-58-43/h14-16,18-19,28-30,32-34,36-38H,13,17,20-27,43H2,1-12H3,(H,44,53)(H,45,52)/t29-,30+,32-,33-,34+,36-,37-,38+/m0/s1. The first-order valence-electron chi connectivity index (χ1n) is 20.6. The summed E-state index contributed by atoms with van der Waals surface area (Å²) in [6, 6.07) is 7.17. The molecule has 16 heteroatoms. The minimum absolute atomic E-state index is 0.00907. The number of hydrogen-bond donors (Lipinski definition) is 3. The number of rotatable bonds is 24. The molecular formula is C42H74N8O8. The van der Waals surface area contributed by atoms with E-state index in [1.165, 1.54) is 0 Å². The van der Waals surface area contributed by atoms with Crippen LogP contribution in [0.5, 0.6) is 0 Å². The molecule has 1 aromatic rings. The number of nitrogens with one attached hydrogen (secondary N) is 2. The molecule has 2 rings (SSSR count). The van der Waals surface area contributed by atoms with E-state index in [2.05, 4.69) is 29.3 Å². The lowest BCUT2D eigenvalue weighted by Crippen LogP contribution is -2.55. The first-order chi connectivity index (χ1) is 27.5. The van der Waals surface area contributed by atoms with Crippen LogP contribution in [-0.4, -0.2) is 168 Å². The van der Waals surface area contributed by atoms with Crippen molar-refractivity contribution >= 4 is 29.6 Å². The first-order valence-corrected chi connectivity index (χ1v) is 20.6. The molecule has 1 aliphatic heterocycles. The Morgan fingerprint density at radius 2 is 1.59 bits per heavy atom. The number of hydrogen-bond acceptors (Lipinski definition) is 10. The van der Waals surface area contributed by atoms with E-state index in [4.69, 9.17) is 25.1 Å². The Morgan fingerprint density at radius 1 is 0.931 bits per heavy atom. The third-order valence-corrected chi connectivity index (χ3v) is 11.0. The van der Waals surface area contributed by atoms with Crippen LogP contribution in [0, 0.1) is 17.8 Å². The third kappa shape index (κ3) is 14.8. The Balaban J connectivity index is 2.29. The molecule has 1 aliphatic rings. The lowest BCUT2D eigenvalue weighted by molar-refractivity contribution is -0.146. The Labute approximate surface area is 347 Å². The monoisotopic (exact) mass is 819 g/mol. The first kappa shape index (κ1) is 50.3. The van der Waals surface area contributed by atoms with Crippen molar-refractivity contribution in [2.45, 2.75) is 103 Å². The van der Waals surface area contributed by atoms with Crippen molar-refractivity contribution in [3.8, 4) is 0 Å². The van der Waals surface area contributed by atoms with Gasteiger partial charge in [-0.2, -0.15) is 0 Å². The molecule has 0 bridgehead atoms. The van der Waals surface area contributed by atoms with Crippen molar-refractivity contribution < 1.29 is 38.2 Å². The van der Waals surface area contributed by atoms with Crippen molar-refractivity contribution in [2.24, 2.45) is 28.6 Å². The molecule has 1 saturated heterocycles. The highest BCUT2D eigenvalue weighted by Gasteiger charge is 2.43. The van der Waals surface area contributed by atoms with Gasteiger partial charge < -0.3 is 49.3 Å². The van der Waals surface area contributed by atoms with Crippen LogP contribution >= 0.6 is 0 Å². The lowest BCUT2D eigenvalue weighted by atomic mass is 9.89. The second-order valence-electron chi connectivity index (χ2n) is 16.0. The Morgan fingerprint density at radius 3 is 2.14 bits per heavy atom. The van der Waals surface area contributed by atoms with Gasteiger partial charge in [-0.15, -0.1) is 0 Å². The molecule has 4 N–H and O–H groups in total. The predicted octanol–water partition coefficient (Wildman–Crippen LogP) is 2.16. The second kappa shape index (κ2) is 25.6. The van der Waals surface area contributed by atoms with E-state index in [1.54, 1.807) is 38.0 Å². The molecule has 0 spiro atoms. The van der Waals surface area contributed by atoms with Gasteiger partial charge in [-0.25, -0.2) is 10.9 Å². The van der Waals surface area contributed by atoms with Crippen LogP contribution in [0.15, 0.2) is 35.3 Å². The molecule has 8 atom stereocenters. The fourth-order valence-electron chi connectivity index (χ4n) is 7.70. The predicted molar refractivity (Wildman–Crippen MR) is 226 cm³/mol. The summed E-state index contributed by atoms with van der Waals surface area (Å²) >= 11 is 0. The normalized spacial score (nSPS) is 17.7. The van der Waals surface area contributed by atoms with Gasteiger partial charge in [-0.05, 0) is 30.2 Å². The van der Waals surface area contributed by atoms with E-state index in [-0.39, 0.29) is 80.7 Å². The maximum absolute atomic E-state index is 14.3. The Bertz CT molecular complexity index is 1420. The number of guanidine groups is 1. The van der Waals surface area contributed by atoms with Gasteiger partial charge in [0.1, 0.15) is 12.1 Å². The average molecular weight is 819 g/mol. The summed E-state index contributed by atoms with van der Waals surface area (Å²) in [7, 11) is 12.5. The maximum Gasteiger partial charge on any atom is 0.247 e. The topological polar surface area (TPSA) is 181 Å². The van der Waals surface area contributed by atoms with Crippen LogP contribution in [0.25, 0.3) is 0 Å². The highest BCUT2D eigenvalue weighted by Crippen LogP contribution is 2.30. The number of aliphatic imine (C=N–C) groups is 1. The zero-order chi connectivity index (χ0) is 43.5. The number of likely N-dealkylation sites (tertiary alicyclic amines) is 1. The van der Waals surface area contributed by atoms with E-state index in [1.807, 2.05) is 82.2 Å². The Kier molecular flexibility index (Phi) is 22.2. The number of methoxy groups -OCH3 is 2. The smallest absolute Gasteiger partial charge is 0.247 e. The number of carbonyl (C=O) groups excluding carboxylic acids is 4. The molecule has 0 unspecified atom stereocenters. The molecule has 4 amide bonds. The van der Waals surface area contributed by atoms with E-state index < -0.39 is 36.3 Å². The molecule has 1 heterocycles. The van der Waals surface area contributed by atoms with Crippen LogP contribution in [0.4, 0.5) is 0 Å². The summed E-state index contributed by atoms with van der Waals surface area (Å²) in [6.45, 7) is 11.4. The summed E-state index contributed by atoms with van der Waals surface area (Å²) < 4.78 is 17.5. The zero-order valence-electron chi connectivity index (χ0n) is 37.2. The van der Waals surface area contributed by atoms with Gasteiger partial charge >= 0.3 is 0 Å². The van der Waals surface area contributed by atoms with Crippen LogP contribution < -0.4 is 16.5 Å².